The van der Waals surface area contributed by atoms with Gasteiger partial charge >= 0.3 is 0 Å². The molecule has 6 heteroatoms. The number of aryl methyl sites for hydroxylation is 1. The van der Waals surface area contributed by atoms with Gasteiger partial charge in [-0.15, -0.1) is 5.10 Å². The van der Waals surface area contributed by atoms with Gasteiger partial charge in [-0.1, -0.05) is 35.9 Å². The standard InChI is InChI=1S/C17H18N6/c1-14-8-10-16(11-9-14)23-17(19-20-21-23)12-13-18-22(2)15-6-4-3-5-7-15/h3-11,13H,12H2,1-2H3/b18-13+. The summed E-state index contributed by atoms with van der Waals surface area (Å²) < 4.78 is 1.73. The molecule has 0 aliphatic heterocycles. The number of anilines is 1. The molecule has 23 heavy (non-hydrogen) atoms. The highest BCUT2D eigenvalue weighted by Crippen LogP contribution is 2.11. The minimum absolute atomic E-state index is 0.554. The molecular formula is C17H18N6. The molecule has 3 rings (SSSR count). The number of benzene rings is 2. The van der Waals surface area contributed by atoms with Crippen LogP contribution in [0.25, 0.3) is 5.69 Å². The van der Waals surface area contributed by atoms with E-state index in [0.717, 1.165) is 17.2 Å². The zero-order valence-electron chi connectivity index (χ0n) is 13.2. The number of rotatable bonds is 5. The molecule has 0 aliphatic rings. The second-order valence-electron chi connectivity index (χ2n) is 5.20. The summed E-state index contributed by atoms with van der Waals surface area (Å²) in [4.78, 5) is 0. The van der Waals surface area contributed by atoms with Gasteiger partial charge in [0.2, 0.25) is 0 Å². The lowest BCUT2D eigenvalue weighted by molar-refractivity contribution is 0.775. The van der Waals surface area contributed by atoms with Gasteiger partial charge in [0, 0.05) is 19.7 Å². The normalized spacial score (nSPS) is 11.0. The van der Waals surface area contributed by atoms with Gasteiger partial charge < -0.3 is 0 Å². The van der Waals surface area contributed by atoms with Crippen molar-refractivity contribution in [2.75, 3.05) is 12.1 Å². The first-order chi connectivity index (χ1) is 11.2. The average molecular weight is 306 g/mol. The molecule has 2 aromatic carbocycles. The molecule has 0 amide bonds. The van der Waals surface area contributed by atoms with E-state index < -0.39 is 0 Å². The zero-order chi connectivity index (χ0) is 16.1. The Labute approximate surface area is 135 Å². The third-order valence-electron chi connectivity index (χ3n) is 3.47. The number of tetrazole rings is 1. The Bertz CT molecular complexity index is 776. The molecule has 0 saturated carbocycles. The van der Waals surface area contributed by atoms with Crippen molar-refractivity contribution in [1.29, 1.82) is 0 Å². The van der Waals surface area contributed by atoms with Crippen molar-refractivity contribution in [3.8, 4) is 5.69 Å². The Morgan fingerprint density at radius 1 is 1.09 bits per heavy atom. The number of hydrazone groups is 1. The van der Waals surface area contributed by atoms with E-state index in [1.807, 2.05) is 72.9 Å². The summed E-state index contributed by atoms with van der Waals surface area (Å²) in [6, 6.07) is 18.1. The summed E-state index contributed by atoms with van der Waals surface area (Å²) in [5.74, 6) is 0.749. The predicted octanol–water partition coefficient (Wildman–Crippen LogP) is 2.64. The maximum absolute atomic E-state index is 4.42. The van der Waals surface area contributed by atoms with Crippen molar-refractivity contribution in [3.05, 3.63) is 66.0 Å². The van der Waals surface area contributed by atoms with E-state index in [2.05, 4.69) is 27.6 Å². The molecular weight excluding hydrogens is 288 g/mol. The third kappa shape index (κ3) is 3.60. The number of aromatic nitrogens is 4. The Kier molecular flexibility index (Phi) is 4.42. The first-order valence-corrected chi connectivity index (χ1v) is 7.39. The lowest BCUT2D eigenvalue weighted by Crippen LogP contribution is -2.10. The molecule has 116 valence electrons. The first kappa shape index (κ1) is 14.9. The van der Waals surface area contributed by atoms with Gasteiger partial charge in [0.1, 0.15) is 0 Å². The first-order valence-electron chi connectivity index (χ1n) is 7.39. The van der Waals surface area contributed by atoms with Crippen LogP contribution >= 0.6 is 0 Å². The summed E-state index contributed by atoms with van der Waals surface area (Å²) in [6.45, 7) is 2.05. The molecule has 0 radical (unpaired) electrons. The van der Waals surface area contributed by atoms with E-state index >= 15 is 0 Å². The van der Waals surface area contributed by atoms with E-state index in [1.54, 1.807) is 4.68 Å². The average Bonchev–Trinajstić information content (AvgIpc) is 3.05. The van der Waals surface area contributed by atoms with E-state index in [-0.39, 0.29) is 0 Å². The van der Waals surface area contributed by atoms with Gasteiger partial charge in [-0.2, -0.15) is 9.78 Å². The summed E-state index contributed by atoms with van der Waals surface area (Å²) in [5, 5.41) is 18.1. The van der Waals surface area contributed by atoms with Crippen LogP contribution in [0.15, 0.2) is 59.7 Å². The Morgan fingerprint density at radius 3 is 2.57 bits per heavy atom. The van der Waals surface area contributed by atoms with Crippen LogP contribution in [0.3, 0.4) is 0 Å². The molecule has 0 fully saturated rings. The lowest BCUT2D eigenvalue weighted by atomic mass is 10.2. The van der Waals surface area contributed by atoms with Gasteiger partial charge in [0.05, 0.1) is 11.4 Å². The molecule has 0 unspecified atom stereocenters. The second kappa shape index (κ2) is 6.83. The van der Waals surface area contributed by atoms with Crippen molar-refractivity contribution < 1.29 is 0 Å². The summed E-state index contributed by atoms with van der Waals surface area (Å²) >= 11 is 0. The molecule has 1 aromatic heterocycles. The van der Waals surface area contributed by atoms with E-state index in [9.17, 15) is 0 Å². The van der Waals surface area contributed by atoms with Gasteiger partial charge in [0.25, 0.3) is 0 Å². The smallest absolute Gasteiger partial charge is 0.162 e. The molecule has 0 atom stereocenters. The van der Waals surface area contributed by atoms with Crippen molar-refractivity contribution >= 4 is 11.9 Å². The molecule has 0 N–H and O–H groups in total. The van der Waals surface area contributed by atoms with E-state index in [4.69, 9.17) is 0 Å². The van der Waals surface area contributed by atoms with Crippen LogP contribution in [0.5, 0.6) is 0 Å². The quantitative estimate of drug-likeness (QED) is 0.537. The van der Waals surface area contributed by atoms with Gasteiger partial charge in [0.15, 0.2) is 5.82 Å². The van der Waals surface area contributed by atoms with E-state index in [0.29, 0.717) is 6.42 Å². The zero-order valence-corrected chi connectivity index (χ0v) is 13.2. The van der Waals surface area contributed by atoms with Crippen molar-refractivity contribution in [3.63, 3.8) is 0 Å². The minimum Gasteiger partial charge on any atom is -0.269 e. The predicted molar refractivity (Wildman–Crippen MR) is 90.9 cm³/mol. The van der Waals surface area contributed by atoms with Crippen LogP contribution in [0.4, 0.5) is 5.69 Å². The van der Waals surface area contributed by atoms with E-state index in [1.165, 1.54) is 5.56 Å². The fourth-order valence-electron chi connectivity index (χ4n) is 2.17. The Morgan fingerprint density at radius 2 is 1.83 bits per heavy atom. The molecule has 1 heterocycles. The number of hydrogen-bond acceptors (Lipinski definition) is 5. The second-order valence-corrected chi connectivity index (χ2v) is 5.20. The summed E-state index contributed by atoms with van der Waals surface area (Å²) in [7, 11) is 1.91. The van der Waals surface area contributed by atoms with Crippen LogP contribution in [-0.2, 0) is 6.42 Å². The Hall–Kier alpha value is -3.02. The monoisotopic (exact) mass is 306 g/mol. The van der Waals surface area contributed by atoms with Gasteiger partial charge in [-0.05, 0) is 41.6 Å². The highest BCUT2D eigenvalue weighted by molar-refractivity contribution is 5.62. The molecule has 6 nitrogen and oxygen atoms in total. The molecule has 0 aliphatic carbocycles. The lowest BCUT2D eigenvalue weighted by Gasteiger charge is -2.12. The van der Waals surface area contributed by atoms with Crippen LogP contribution in [-0.4, -0.2) is 33.5 Å². The molecule has 3 aromatic rings. The fourth-order valence-corrected chi connectivity index (χ4v) is 2.17. The number of hydrogen-bond donors (Lipinski definition) is 0. The largest absolute Gasteiger partial charge is 0.269 e. The van der Waals surface area contributed by atoms with Crippen molar-refractivity contribution in [2.24, 2.45) is 5.10 Å². The molecule has 0 bridgehead atoms. The van der Waals surface area contributed by atoms with Crippen molar-refractivity contribution in [2.45, 2.75) is 13.3 Å². The maximum atomic E-state index is 4.42. The van der Waals surface area contributed by atoms with Gasteiger partial charge in [-0.25, -0.2) is 0 Å². The minimum atomic E-state index is 0.554. The SMILES string of the molecule is Cc1ccc(-n2nnnc2C/C=N/N(C)c2ccccc2)cc1. The van der Waals surface area contributed by atoms with Crippen LogP contribution in [0, 0.1) is 6.92 Å². The number of para-hydroxylation sites is 1. The van der Waals surface area contributed by atoms with Crippen LogP contribution in [0.2, 0.25) is 0 Å². The summed E-state index contributed by atoms with van der Waals surface area (Å²) in [5.41, 5.74) is 3.18. The topological polar surface area (TPSA) is 59.2 Å². The summed E-state index contributed by atoms with van der Waals surface area (Å²) in [6.07, 6.45) is 2.36. The highest BCUT2D eigenvalue weighted by Gasteiger charge is 2.06. The molecule has 0 spiro atoms. The third-order valence-corrected chi connectivity index (χ3v) is 3.47. The van der Waals surface area contributed by atoms with Gasteiger partial charge in [-0.3, -0.25) is 5.01 Å². The fraction of sp³-hybridized carbons (Fsp3) is 0.176. The van der Waals surface area contributed by atoms with Crippen molar-refractivity contribution in [1.82, 2.24) is 20.2 Å². The Balaban J connectivity index is 1.71. The maximum Gasteiger partial charge on any atom is 0.162 e. The highest BCUT2D eigenvalue weighted by atomic mass is 15.5. The molecule has 0 saturated heterocycles. The van der Waals surface area contributed by atoms with Crippen LogP contribution in [0.1, 0.15) is 11.4 Å². The number of nitrogens with zero attached hydrogens (tertiary/aromatic N) is 6. The van der Waals surface area contributed by atoms with Crippen LogP contribution < -0.4 is 5.01 Å².